The highest BCUT2D eigenvalue weighted by molar-refractivity contribution is 7.14. The topological polar surface area (TPSA) is 67.4 Å². The molecular formula is C20H23FN2O3S. The average Bonchev–Trinajstić information content (AvgIpc) is 2.95. The number of ether oxygens (including phenoxy) is 1. The highest BCUT2D eigenvalue weighted by Gasteiger charge is 2.16. The van der Waals surface area contributed by atoms with Gasteiger partial charge in [0.05, 0.1) is 11.5 Å². The maximum absolute atomic E-state index is 13.4. The Kier molecular flexibility index (Phi) is 6.81. The highest BCUT2D eigenvalue weighted by Crippen LogP contribution is 2.28. The third-order valence-corrected chi connectivity index (χ3v) is 5.66. The van der Waals surface area contributed by atoms with E-state index in [-0.39, 0.29) is 30.6 Å². The van der Waals surface area contributed by atoms with Gasteiger partial charge in [0.25, 0.3) is 5.91 Å². The van der Waals surface area contributed by atoms with E-state index >= 15 is 0 Å². The lowest BCUT2D eigenvalue weighted by atomic mass is 10.1. The second-order valence-electron chi connectivity index (χ2n) is 6.50. The number of carbonyl (C=O) groups is 2. The van der Waals surface area contributed by atoms with Crippen LogP contribution in [0.25, 0.3) is 0 Å². The molecule has 3 rings (SSSR count). The number of benzene rings is 1. The number of fused-ring (bicyclic) bond motifs is 1. The van der Waals surface area contributed by atoms with E-state index in [0.717, 1.165) is 19.3 Å². The lowest BCUT2D eigenvalue weighted by Gasteiger charge is -2.08. The van der Waals surface area contributed by atoms with E-state index in [1.54, 1.807) is 12.1 Å². The van der Waals surface area contributed by atoms with Crippen LogP contribution in [0.2, 0.25) is 0 Å². The first-order chi connectivity index (χ1) is 13.1. The van der Waals surface area contributed by atoms with Crippen molar-refractivity contribution in [1.82, 2.24) is 10.9 Å². The Morgan fingerprint density at radius 2 is 1.93 bits per heavy atom. The summed E-state index contributed by atoms with van der Waals surface area (Å²) in [5, 5.41) is 0. The number of hydrogen-bond donors (Lipinski definition) is 2. The molecule has 27 heavy (non-hydrogen) atoms. The molecule has 0 saturated heterocycles. The first kappa shape index (κ1) is 19.4. The fourth-order valence-electron chi connectivity index (χ4n) is 3.01. The van der Waals surface area contributed by atoms with Crippen molar-refractivity contribution in [3.05, 3.63) is 51.5 Å². The van der Waals surface area contributed by atoms with Gasteiger partial charge in [-0.3, -0.25) is 20.4 Å². The minimum absolute atomic E-state index is 0.170. The van der Waals surface area contributed by atoms with Gasteiger partial charge in [0.1, 0.15) is 0 Å². The number of rotatable bonds is 6. The van der Waals surface area contributed by atoms with Gasteiger partial charge in [-0.05, 0) is 55.9 Å². The Morgan fingerprint density at radius 1 is 1.11 bits per heavy atom. The number of carbonyl (C=O) groups excluding carboxylic acids is 2. The maximum atomic E-state index is 13.4. The number of halogens is 1. The molecule has 1 aromatic heterocycles. The van der Waals surface area contributed by atoms with E-state index in [0.29, 0.717) is 11.3 Å². The van der Waals surface area contributed by atoms with Gasteiger partial charge in [-0.1, -0.05) is 18.6 Å². The van der Waals surface area contributed by atoms with E-state index < -0.39 is 5.82 Å². The van der Waals surface area contributed by atoms with Gasteiger partial charge in [-0.2, -0.15) is 0 Å². The minimum Gasteiger partial charge on any atom is -0.491 e. The summed E-state index contributed by atoms with van der Waals surface area (Å²) in [6, 6.07) is 8.07. The molecule has 144 valence electrons. The van der Waals surface area contributed by atoms with Crippen LogP contribution < -0.4 is 15.6 Å². The molecule has 2 amide bonds. The summed E-state index contributed by atoms with van der Waals surface area (Å²) in [5.74, 6) is -0.852. The third-order valence-electron chi connectivity index (χ3n) is 4.43. The normalized spacial score (nSPS) is 13.4. The van der Waals surface area contributed by atoms with E-state index in [9.17, 15) is 14.0 Å². The van der Waals surface area contributed by atoms with Crippen LogP contribution in [0.1, 0.15) is 52.2 Å². The second-order valence-corrected chi connectivity index (χ2v) is 7.64. The molecule has 7 heteroatoms. The van der Waals surface area contributed by atoms with Crippen molar-refractivity contribution in [2.24, 2.45) is 0 Å². The first-order valence-electron chi connectivity index (χ1n) is 9.21. The molecule has 0 atom stereocenters. The van der Waals surface area contributed by atoms with E-state index in [4.69, 9.17) is 4.74 Å². The smallest absolute Gasteiger partial charge is 0.279 e. The zero-order valence-corrected chi connectivity index (χ0v) is 15.9. The van der Waals surface area contributed by atoms with E-state index in [1.165, 1.54) is 46.8 Å². The number of hydrogen-bond acceptors (Lipinski definition) is 4. The second kappa shape index (κ2) is 9.50. The van der Waals surface area contributed by atoms with Gasteiger partial charge in [-0.15, -0.1) is 11.3 Å². The number of amides is 2. The predicted octanol–water partition coefficient (Wildman–Crippen LogP) is 3.78. The number of para-hydroxylation sites is 1. The fraction of sp³-hybridized carbons (Fsp3) is 0.400. The number of aryl methyl sites for hydroxylation is 2. The summed E-state index contributed by atoms with van der Waals surface area (Å²) >= 11 is 1.51. The highest BCUT2D eigenvalue weighted by atomic mass is 32.1. The van der Waals surface area contributed by atoms with Crippen LogP contribution in [0.5, 0.6) is 5.75 Å². The van der Waals surface area contributed by atoms with Crippen LogP contribution in [0.4, 0.5) is 4.39 Å². The van der Waals surface area contributed by atoms with Crippen molar-refractivity contribution in [2.45, 2.75) is 44.9 Å². The molecule has 0 unspecified atom stereocenters. The Hall–Kier alpha value is -2.41. The lowest BCUT2D eigenvalue weighted by Crippen LogP contribution is -2.41. The molecule has 2 N–H and O–H groups in total. The fourth-order valence-corrected chi connectivity index (χ4v) is 4.16. The molecule has 5 nitrogen and oxygen atoms in total. The Morgan fingerprint density at radius 3 is 2.78 bits per heavy atom. The average molecular weight is 390 g/mol. The van der Waals surface area contributed by atoms with Crippen LogP contribution in [0.15, 0.2) is 30.3 Å². The molecule has 0 aliphatic heterocycles. The van der Waals surface area contributed by atoms with Crippen molar-refractivity contribution in [1.29, 1.82) is 0 Å². The zero-order valence-electron chi connectivity index (χ0n) is 15.1. The van der Waals surface area contributed by atoms with Crippen LogP contribution in [-0.4, -0.2) is 18.4 Å². The first-order valence-corrected chi connectivity index (χ1v) is 10.0. The van der Waals surface area contributed by atoms with Crippen molar-refractivity contribution < 1.29 is 18.7 Å². The van der Waals surface area contributed by atoms with Crippen LogP contribution >= 0.6 is 11.3 Å². The number of nitrogens with one attached hydrogen (secondary N) is 2. The summed E-state index contributed by atoms with van der Waals surface area (Å²) in [6.07, 6.45) is 6.21. The molecular weight excluding hydrogens is 367 g/mol. The standard InChI is InChI=1S/C20H23FN2O3S/c21-15-8-4-5-9-16(15)26-12-6-11-19(24)22-23-20(25)18-13-14-7-2-1-3-10-17(14)27-18/h4-5,8-9,13H,1-3,6-7,10-12H2,(H,22,24)(H,23,25). The maximum Gasteiger partial charge on any atom is 0.279 e. The molecule has 2 aromatic rings. The molecule has 0 bridgehead atoms. The van der Waals surface area contributed by atoms with Gasteiger partial charge in [0.2, 0.25) is 5.91 Å². The third kappa shape index (κ3) is 5.53. The summed E-state index contributed by atoms with van der Waals surface area (Å²) in [6.45, 7) is 0.222. The van der Waals surface area contributed by atoms with E-state index in [1.807, 2.05) is 6.07 Å². The summed E-state index contributed by atoms with van der Waals surface area (Å²) in [5.41, 5.74) is 6.15. The lowest BCUT2D eigenvalue weighted by molar-refractivity contribution is -0.122. The largest absolute Gasteiger partial charge is 0.491 e. The van der Waals surface area contributed by atoms with Crippen LogP contribution in [-0.2, 0) is 17.6 Å². The molecule has 1 aromatic carbocycles. The monoisotopic (exact) mass is 390 g/mol. The van der Waals surface area contributed by atoms with Crippen LogP contribution in [0, 0.1) is 5.82 Å². The van der Waals surface area contributed by atoms with Gasteiger partial charge >= 0.3 is 0 Å². The van der Waals surface area contributed by atoms with Crippen LogP contribution in [0.3, 0.4) is 0 Å². The summed E-state index contributed by atoms with van der Waals surface area (Å²) in [7, 11) is 0. The molecule has 0 fully saturated rings. The van der Waals surface area contributed by atoms with Crippen molar-refractivity contribution in [2.75, 3.05) is 6.61 Å². The molecule has 1 aliphatic carbocycles. The molecule has 0 radical (unpaired) electrons. The Labute approximate surface area is 161 Å². The zero-order chi connectivity index (χ0) is 19.1. The van der Waals surface area contributed by atoms with Gasteiger partial charge < -0.3 is 4.74 Å². The van der Waals surface area contributed by atoms with Gasteiger partial charge in [0.15, 0.2) is 11.6 Å². The summed E-state index contributed by atoms with van der Waals surface area (Å²) in [4.78, 5) is 26.0. The minimum atomic E-state index is -0.427. The Balaban J connectivity index is 1.37. The molecule has 0 spiro atoms. The Bertz CT molecular complexity index is 783. The number of thiophene rings is 1. The number of hydrazine groups is 1. The van der Waals surface area contributed by atoms with Crippen molar-refractivity contribution in [3.8, 4) is 5.75 Å². The van der Waals surface area contributed by atoms with Crippen molar-refractivity contribution >= 4 is 23.2 Å². The quantitative estimate of drug-likeness (QED) is 0.448. The van der Waals surface area contributed by atoms with Crippen molar-refractivity contribution in [3.63, 3.8) is 0 Å². The SMILES string of the molecule is O=C(CCCOc1ccccc1F)NNC(=O)c1cc2c(s1)CCCCC2. The van der Waals surface area contributed by atoms with E-state index in [2.05, 4.69) is 10.9 Å². The summed E-state index contributed by atoms with van der Waals surface area (Å²) < 4.78 is 18.7. The van der Waals surface area contributed by atoms with Gasteiger partial charge in [0, 0.05) is 11.3 Å². The molecule has 0 saturated carbocycles. The van der Waals surface area contributed by atoms with Gasteiger partial charge in [-0.25, -0.2) is 4.39 Å². The molecule has 1 heterocycles. The molecule has 1 aliphatic rings. The predicted molar refractivity (Wildman–Crippen MR) is 102 cm³/mol.